The van der Waals surface area contributed by atoms with Crippen LogP contribution >= 0.6 is 0 Å². The highest BCUT2D eigenvalue weighted by molar-refractivity contribution is 5.83. The van der Waals surface area contributed by atoms with E-state index >= 15 is 0 Å². The lowest BCUT2D eigenvalue weighted by Gasteiger charge is -2.22. The molecule has 0 saturated carbocycles. The summed E-state index contributed by atoms with van der Waals surface area (Å²) >= 11 is 0. The topological polar surface area (TPSA) is 98.2 Å². The standard InChI is InChI=1S/C24H31N7O/c1-4-19(14-32)28-24-29-22(21-23(30-24)31(15-27-21)16(2)3)26-13-17-8-10-18(11-9-17)20-7-5-6-12-25-20/h5-12,16,19,27,32H,4,13-15H2,1-3H3,(H2,26,28,29,30)/t19-/m1/s1. The summed E-state index contributed by atoms with van der Waals surface area (Å²) in [5, 5.41) is 19.7. The van der Waals surface area contributed by atoms with Crippen molar-refractivity contribution >= 4 is 23.3 Å². The van der Waals surface area contributed by atoms with E-state index in [1.54, 1.807) is 6.20 Å². The van der Waals surface area contributed by atoms with Gasteiger partial charge in [-0.1, -0.05) is 37.3 Å². The Kier molecular flexibility index (Phi) is 6.70. The molecule has 0 spiro atoms. The number of hydrogen-bond acceptors (Lipinski definition) is 8. The first-order valence-electron chi connectivity index (χ1n) is 11.1. The second-order valence-electron chi connectivity index (χ2n) is 8.19. The lowest BCUT2D eigenvalue weighted by Crippen LogP contribution is -2.31. The minimum absolute atomic E-state index is 0.0362. The van der Waals surface area contributed by atoms with Gasteiger partial charge in [-0.25, -0.2) is 0 Å². The van der Waals surface area contributed by atoms with Gasteiger partial charge in [0.25, 0.3) is 0 Å². The Labute approximate surface area is 189 Å². The quantitative estimate of drug-likeness (QED) is 0.403. The molecule has 0 saturated heterocycles. The molecule has 0 unspecified atom stereocenters. The third-order valence-electron chi connectivity index (χ3n) is 5.63. The smallest absolute Gasteiger partial charge is 0.227 e. The van der Waals surface area contributed by atoms with E-state index in [1.807, 2.05) is 25.1 Å². The number of hydrogen-bond donors (Lipinski definition) is 4. The summed E-state index contributed by atoms with van der Waals surface area (Å²) in [7, 11) is 0. The van der Waals surface area contributed by atoms with E-state index in [9.17, 15) is 5.11 Å². The number of benzene rings is 1. The molecule has 8 heteroatoms. The van der Waals surface area contributed by atoms with Gasteiger partial charge < -0.3 is 26.0 Å². The van der Waals surface area contributed by atoms with Gasteiger partial charge in [0.15, 0.2) is 11.6 Å². The van der Waals surface area contributed by atoms with Gasteiger partial charge in [0.05, 0.1) is 25.0 Å². The fourth-order valence-corrected chi connectivity index (χ4v) is 3.65. The molecule has 0 bridgehead atoms. The average molecular weight is 434 g/mol. The van der Waals surface area contributed by atoms with Crippen LogP contribution in [0.4, 0.5) is 23.3 Å². The molecule has 4 rings (SSSR count). The SMILES string of the molecule is CC[C@H](CO)Nc1nc(NCc2ccc(-c3ccccn3)cc2)c2c(n1)N(C(C)C)CN2. The summed E-state index contributed by atoms with van der Waals surface area (Å²) in [4.78, 5) is 16.1. The number of anilines is 4. The zero-order valence-corrected chi connectivity index (χ0v) is 18.8. The molecule has 0 amide bonds. The summed E-state index contributed by atoms with van der Waals surface area (Å²) in [5.74, 6) is 2.15. The molecule has 32 heavy (non-hydrogen) atoms. The first kappa shape index (κ1) is 21.8. The summed E-state index contributed by atoms with van der Waals surface area (Å²) in [6.07, 6.45) is 2.59. The van der Waals surface area contributed by atoms with Gasteiger partial charge in [0.2, 0.25) is 5.95 Å². The molecule has 168 valence electrons. The molecule has 3 aromatic rings. The van der Waals surface area contributed by atoms with Crippen molar-refractivity contribution in [3.05, 3.63) is 54.2 Å². The van der Waals surface area contributed by atoms with Crippen molar-refractivity contribution in [2.75, 3.05) is 34.1 Å². The number of nitrogens with zero attached hydrogens (tertiary/aromatic N) is 4. The van der Waals surface area contributed by atoms with E-state index in [0.717, 1.165) is 40.6 Å². The highest BCUT2D eigenvalue weighted by Crippen LogP contribution is 2.37. The van der Waals surface area contributed by atoms with Gasteiger partial charge >= 0.3 is 0 Å². The fourth-order valence-electron chi connectivity index (χ4n) is 3.65. The van der Waals surface area contributed by atoms with Crippen molar-refractivity contribution in [3.8, 4) is 11.3 Å². The molecule has 1 atom stereocenters. The van der Waals surface area contributed by atoms with Gasteiger partial charge in [-0.3, -0.25) is 4.98 Å². The van der Waals surface area contributed by atoms with Crippen LogP contribution in [0.1, 0.15) is 32.8 Å². The summed E-state index contributed by atoms with van der Waals surface area (Å²) in [5.41, 5.74) is 4.11. The lowest BCUT2D eigenvalue weighted by atomic mass is 10.1. The van der Waals surface area contributed by atoms with Crippen LogP contribution in [0.5, 0.6) is 0 Å². The largest absolute Gasteiger partial charge is 0.394 e. The van der Waals surface area contributed by atoms with Gasteiger partial charge in [0.1, 0.15) is 5.69 Å². The van der Waals surface area contributed by atoms with Gasteiger partial charge in [-0.15, -0.1) is 0 Å². The Bertz CT molecular complexity index is 1020. The maximum atomic E-state index is 9.59. The predicted octanol–water partition coefficient (Wildman–Crippen LogP) is 3.93. The van der Waals surface area contributed by atoms with Crippen LogP contribution in [0.25, 0.3) is 11.3 Å². The van der Waals surface area contributed by atoms with Crippen LogP contribution in [0.2, 0.25) is 0 Å². The second kappa shape index (κ2) is 9.82. The molecular weight excluding hydrogens is 402 g/mol. The van der Waals surface area contributed by atoms with E-state index in [0.29, 0.717) is 25.2 Å². The van der Waals surface area contributed by atoms with Gasteiger partial charge in [-0.05, 0) is 38.0 Å². The maximum absolute atomic E-state index is 9.59. The number of fused-ring (bicyclic) bond motifs is 1. The molecule has 0 fully saturated rings. The fraction of sp³-hybridized carbons (Fsp3) is 0.375. The van der Waals surface area contributed by atoms with Crippen LogP contribution in [-0.4, -0.2) is 45.4 Å². The van der Waals surface area contributed by atoms with E-state index in [4.69, 9.17) is 9.97 Å². The highest BCUT2D eigenvalue weighted by Gasteiger charge is 2.27. The molecule has 1 aliphatic rings. The molecule has 4 N–H and O–H groups in total. The Morgan fingerprint density at radius 2 is 1.94 bits per heavy atom. The van der Waals surface area contributed by atoms with Crippen molar-refractivity contribution in [1.82, 2.24) is 15.0 Å². The predicted molar refractivity (Wildman–Crippen MR) is 130 cm³/mol. The Balaban J connectivity index is 1.55. The van der Waals surface area contributed by atoms with Crippen molar-refractivity contribution in [3.63, 3.8) is 0 Å². The first-order valence-corrected chi connectivity index (χ1v) is 11.1. The molecule has 0 aliphatic carbocycles. The van der Waals surface area contributed by atoms with Crippen molar-refractivity contribution < 1.29 is 5.11 Å². The number of rotatable bonds is 9. The summed E-state index contributed by atoms with van der Waals surface area (Å²) in [6.45, 7) is 7.67. The summed E-state index contributed by atoms with van der Waals surface area (Å²) < 4.78 is 0. The Morgan fingerprint density at radius 3 is 2.59 bits per heavy atom. The number of aliphatic hydroxyl groups excluding tert-OH is 1. The maximum Gasteiger partial charge on any atom is 0.227 e. The van der Waals surface area contributed by atoms with Crippen molar-refractivity contribution in [1.29, 1.82) is 0 Å². The zero-order valence-electron chi connectivity index (χ0n) is 18.8. The molecular formula is C24H31N7O. The molecule has 0 radical (unpaired) electrons. The lowest BCUT2D eigenvalue weighted by molar-refractivity contribution is 0.271. The van der Waals surface area contributed by atoms with Crippen LogP contribution in [-0.2, 0) is 6.54 Å². The summed E-state index contributed by atoms with van der Waals surface area (Å²) in [6, 6.07) is 14.5. The van der Waals surface area contributed by atoms with Crippen LogP contribution in [0, 0.1) is 0 Å². The van der Waals surface area contributed by atoms with E-state index in [-0.39, 0.29) is 12.6 Å². The third kappa shape index (κ3) is 4.75. The van der Waals surface area contributed by atoms with E-state index < -0.39 is 0 Å². The number of aromatic nitrogens is 3. The molecule has 2 aromatic heterocycles. The molecule has 8 nitrogen and oxygen atoms in total. The molecule has 1 aliphatic heterocycles. The Morgan fingerprint density at radius 1 is 1.12 bits per heavy atom. The highest BCUT2D eigenvalue weighted by atomic mass is 16.3. The third-order valence-corrected chi connectivity index (χ3v) is 5.63. The average Bonchev–Trinajstić information content (AvgIpc) is 3.26. The number of pyridine rings is 1. The van der Waals surface area contributed by atoms with Gasteiger partial charge in [-0.2, -0.15) is 9.97 Å². The number of nitrogens with one attached hydrogen (secondary N) is 3. The normalized spacial score (nSPS) is 13.6. The van der Waals surface area contributed by atoms with Crippen LogP contribution in [0.3, 0.4) is 0 Å². The minimum atomic E-state index is -0.0816. The zero-order chi connectivity index (χ0) is 22.5. The van der Waals surface area contributed by atoms with Crippen molar-refractivity contribution in [2.24, 2.45) is 0 Å². The first-order chi connectivity index (χ1) is 15.6. The van der Waals surface area contributed by atoms with Crippen LogP contribution in [0.15, 0.2) is 48.7 Å². The monoisotopic (exact) mass is 433 g/mol. The van der Waals surface area contributed by atoms with Crippen molar-refractivity contribution in [2.45, 2.75) is 45.8 Å². The molecule has 3 heterocycles. The Hall–Kier alpha value is -3.39. The minimum Gasteiger partial charge on any atom is -0.394 e. The number of aliphatic hydroxyl groups is 1. The van der Waals surface area contributed by atoms with E-state index in [1.165, 1.54) is 0 Å². The van der Waals surface area contributed by atoms with Gasteiger partial charge in [0, 0.05) is 24.3 Å². The second-order valence-corrected chi connectivity index (χ2v) is 8.19. The van der Waals surface area contributed by atoms with E-state index in [2.05, 4.69) is 63.9 Å². The molecule has 1 aromatic carbocycles. The van der Waals surface area contributed by atoms with Crippen LogP contribution < -0.4 is 20.9 Å².